The van der Waals surface area contributed by atoms with Crippen LogP contribution in [0.3, 0.4) is 0 Å². The van der Waals surface area contributed by atoms with Crippen LogP contribution in [0.25, 0.3) is 0 Å². The van der Waals surface area contributed by atoms with Crippen LogP contribution in [0.1, 0.15) is 44.9 Å². The summed E-state index contributed by atoms with van der Waals surface area (Å²) in [5, 5.41) is 3.64. The van der Waals surface area contributed by atoms with Gasteiger partial charge in [-0.2, -0.15) is 0 Å². The van der Waals surface area contributed by atoms with Crippen molar-refractivity contribution in [2.45, 2.75) is 51.0 Å². The summed E-state index contributed by atoms with van der Waals surface area (Å²) in [4.78, 5) is 0. The van der Waals surface area contributed by atoms with E-state index in [2.05, 4.69) is 21.2 Å². The molecule has 1 saturated carbocycles. The molecule has 0 heterocycles. The number of hydrogen-bond donors (Lipinski definition) is 1. The van der Waals surface area contributed by atoms with Gasteiger partial charge in [0.1, 0.15) is 12.4 Å². The van der Waals surface area contributed by atoms with Crippen molar-refractivity contribution in [3.8, 4) is 5.75 Å². The summed E-state index contributed by atoms with van der Waals surface area (Å²) in [6, 6.07) is 8.73. The van der Waals surface area contributed by atoms with Gasteiger partial charge in [0.05, 0.1) is 0 Å². The Morgan fingerprint density at radius 3 is 2.58 bits per heavy atom. The third-order valence-corrected chi connectivity index (χ3v) is 4.20. The van der Waals surface area contributed by atoms with Crippen molar-refractivity contribution in [3.63, 3.8) is 0 Å². The number of rotatable bonds is 5. The van der Waals surface area contributed by atoms with E-state index in [1.165, 1.54) is 44.9 Å². The topological polar surface area (TPSA) is 21.3 Å². The molecule has 0 unspecified atom stereocenters. The van der Waals surface area contributed by atoms with Gasteiger partial charge < -0.3 is 10.1 Å². The highest BCUT2D eigenvalue weighted by molar-refractivity contribution is 9.10. The summed E-state index contributed by atoms with van der Waals surface area (Å²) < 4.78 is 6.81. The van der Waals surface area contributed by atoms with Gasteiger partial charge in [0.15, 0.2) is 0 Å². The first-order valence-corrected chi connectivity index (χ1v) is 8.25. The van der Waals surface area contributed by atoms with Crippen molar-refractivity contribution in [2.75, 3.05) is 13.2 Å². The van der Waals surface area contributed by atoms with Gasteiger partial charge in [0.2, 0.25) is 0 Å². The molecule has 0 spiro atoms. The Kier molecular flexibility index (Phi) is 6.72. The lowest BCUT2D eigenvalue weighted by Gasteiger charge is -2.21. The van der Waals surface area contributed by atoms with Crippen LogP contribution in [0, 0.1) is 0 Å². The lowest BCUT2D eigenvalue weighted by Crippen LogP contribution is -2.33. The minimum absolute atomic E-state index is 0.700. The quantitative estimate of drug-likeness (QED) is 0.803. The number of hydrogen-bond acceptors (Lipinski definition) is 2. The normalized spacial score (nSPS) is 17.7. The highest BCUT2D eigenvalue weighted by atomic mass is 79.9. The van der Waals surface area contributed by atoms with Gasteiger partial charge >= 0.3 is 0 Å². The third kappa shape index (κ3) is 5.96. The molecule has 0 radical (unpaired) electrons. The number of ether oxygens (including phenoxy) is 1. The second kappa shape index (κ2) is 8.60. The Morgan fingerprint density at radius 2 is 1.84 bits per heavy atom. The molecule has 0 atom stereocenters. The molecule has 106 valence electrons. The van der Waals surface area contributed by atoms with Crippen molar-refractivity contribution >= 4 is 15.9 Å². The zero-order chi connectivity index (χ0) is 13.3. The van der Waals surface area contributed by atoms with Gasteiger partial charge in [-0.05, 0) is 31.0 Å². The van der Waals surface area contributed by atoms with Crippen LogP contribution in [-0.4, -0.2) is 19.2 Å². The molecule has 0 bridgehead atoms. The first kappa shape index (κ1) is 14.9. The fourth-order valence-electron chi connectivity index (χ4n) is 2.65. The molecule has 1 aromatic rings. The van der Waals surface area contributed by atoms with E-state index in [0.29, 0.717) is 6.04 Å². The molecule has 1 aromatic carbocycles. The lowest BCUT2D eigenvalue weighted by atomic mass is 9.97. The molecule has 0 amide bonds. The van der Waals surface area contributed by atoms with Gasteiger partial charge in [-0.25, -0.2) is 0 Å². The second-order valence-electron chi connectivity index (χ2n) is 5.30. The van der Waals surface area contributed by atoms with Gasteiger partial charge in [-0.3, -0.25) is 0 Å². The summed E-state index contributed by atoms with van der Waals surface area (Å²) >= 11 is 3.45. The van der Waals surface area contributed by atoms with E-state index in [1.54, 1.807) is 0 Å². The monoisotopic (exact) mass is 325 g/mol. The summed E-state index contributed by atoms with van der Waals surface area (Å²) in [7, 11) is 0. The van der Waals surface area contributed by atoms with Crippen molar-refractivity contribution < 1.29 is 4.74 Å². The Balaban J connectivity index is 1.62. The maximum atomic E-state index is 5.74. The zero-order valence-corrected chi connectivity index (χ0v) is 13.1. The highest BCUT2D eigenvalue weighted by Crippen LogP contribution is 2.18. The molecule has 0 aromatic heterocycles. The number of benzene rings is 1. The van der Waals surface area contributed by atoms with Crippen molar-refractivity contribution in [3.05, 3.63) is 28.7 Å². The smallest absolute Gasteiger partial charge is 0.120 e. The van der Waals surface area contributed by atoms with Crippen molar-refractivity contribution in [1.29, 1.82) is 0 Å². The average Bonchev–Trinajstić information content (AvgIpc) is 2.36. The van der Waals surface area contributed by atoms with E-state index >= 15 is 0 Å². The molecule has 1 aliphatic carbocycles. The minimum atomic E-state index is 0.700. The molecule has 1 aliphatic rings. The Morgan fingerprint density at radius 1 is 1.11 bits per heavy atom. The van der Waals surface area contributed by atoms with Crippen LogP contribution in [0.15, 0.2) is 28.7 Å². The largest absolute Gasteiger partial charge is 0.492 e. The predicted octanol–water partition coefficient (Wildman–Crippen LogP) is 4.53. The first-order chi connectivity index (χ1) is 9.34. The Bertz CT molecular complexity index is 362. The van der Waals surface area contributed by atoms with E-state index in [9.17, 15) is 0 Å². The van der Waals surface area contributed by atoms with Gasteiger partial charge in [-0.15, -0.1) is 0 Å². The molecule has 1 fully saturated rings. The summed E-state index contributed by atoms with van der Waals surface area (Å²) in [5.74, 6) is 0.939. The standard InChI is InChI=1S/C16H24BrNO/c17-14-7-6-10-16(13-14)19-12-11-18-15-8-4-2-1-3-5-9-15/h6-7,10,13,15,18H,1-5,8-9,11-12H2. The number of halogens is 1. The first-order valence-electron chi connectivity index (χ1n) is 7.46. The van der Waals surface area contributed by atoms with Gasteiger partial charge in [0.25, 0.3) is 0 Å². The molecule has 1 N–H and O–H groups in total. The second-order valence-corrected chi connectivity index (χ2v) is 6.22. The molecule has 0 aliphatic heterocycles. The van der Waals surface area contributed by atoms with E-state index in [4.69, 9.17) is 4.74 Å². The van der Waals surface area contributed by atoms with Crippen LogP contribution in [0.5, 0.6) is 5.75 Å². The summed E-state index contributed by atoms with van der Waals surface area (Å²) in [6.07, 6.45) is 9.67. The van der Waals surface area contributed by atoms with Crippen LogP contribution in [0.4, 0.5) is 0 Å². The van der Waals surface area contributed by atoms with Crippen LogP contribution < -0.4 is 10.1 Å². The molecule has 19 heavy (non-hydrogen) atoms. The zero-order valence-electron chi connectivity index (χ0n) is 11.5. The summed E-state index contributed by atoms with van der Waals surface area (Å²) in [6.45, 7) is 1.68. The van der Waals surface area contributed by atoms with E-state index < -0.39 is 0 Å². The third-order valence-electron chi connectivity index (χ3n) is 3.71. The molecular weight excluding hydrogens is 302 g/mol. The van der Waals surface area contributed by atoms with E-state index in [-0.39, 0.29) is 0 Å². The van der Waals surface area contributed by atoms with Crippen molar-refractivity contribution in [1.82, 2.24) is 5.32 Å². The maximum Gasteiger partial charge on any atom is 0.120 e. The fourth-order valence-corrected chi connectivity index (χ4v) is 3.03. The van der Waals surface area contributed by atoms with E-state index in [0.717, 1.165) is 23.4 Å². The Labute approximate surface area is 125 Å². The SMILES string of the molecule is Brc1cccc(OCCNC2CCCCCCC2)c1. The molecule has 2 rings (SSSR count). The summed E-state index contributed by atoms with van der Waals surface area (Å²) in [5.41, 5.74) is 0. The molecular formula is C16H24BrNO. The van der Waals surface area contributed by atoms with Gasteiger partial charge in [0, 0.05) is 17.1 Å². The molecule has 3 heteroatoms. The van der Waals surface area contributed by atoms with Crippen LogP contribution >= 0.6 is 15.9 Å². The molecule has 0 saturated heterocycles. The fraction of sp³-hybridized carbons (Fsp3) is 0.625. The predicted molar refractivity (Wildman–Crippen MR) is 83.7 cm³/mol. The minimum Gasteiger partial charge on any atom is -0.492 e. The Hall–Kier alpha value is -0.540. The van der Waals surface area contributed by atoms with E-state index in [1.807, 2.05) is 24.3 Å². The van der Waals surface area contributed by atoms with Gasteiger partial charge in [-0.1, -0.05) is 54.1 Å². The number of nitrogens with one attached hydrogen (secondary N) is 1. The van der Waals surface area contributed by atoms with Crippen LogP contribution in [0.2, 0.25) is 0 Å². The molecule has 2 nitrogen and oxygen atoms in total. The maximum absolute atomic E-state index is 5.74. The average molecular weight is 326 g/mol. The van der Waals surface area contributed by atoms with Crippen LogP contribution in [-0.2, 0) is 0 Å². The highest BCUT2D eigenvalue weighted by Gasteiger charge is 2.10. The lowest BCUT2D eigenvalue weighted by molar-refractivity contribution is 0.293. The van der Waals surface area contributed by atoms with Crippen molar-refractivity contribution in [2.24, 2.45) is 0 Å².